The summed E-state index contributed by atoms with van der Waals surface area (Å²) in [6, 6.07) is 1.98. The van der Waals surface area contributed by atoms with Gasteiger partial charge in [0.2, 0.25) is 0 Å². The van der Waals surface area contributed by atoms with E-state index in [0.717, 1.165) is 6.07 Å². The number of nitro benzene ring substituents is 1. The van der Waals surface area contributed by atoms with E-state index in [-0.39, 0.29) is 23.3 Å². The summed E-state index contributed by atoms with van der Waals surface area (Å²) in [4.78, 5) is 9.98. The van der Waals surface area contributed by atoms with E-state index < -0.39 is 29.5 Å². The van der Waals surface area contributed by atoms with Crippen LogP contribution in [-0.2, 0) is 4.74 Å². The molecule has 1 N–H and O–H groups in total. The maximum Gasteiger partial charge on any atom is 0.295 e. The van der Waals surface area contributed by atoms with Gasteiger partial charge in [-0.3, -0.25) is 10.1 Å². The van der Waals surface area contributed by atoms with E-state index in [2.05, 4.69) is 26.0 Å². The SMILES string of the molecule is O=[N+]([O-])c1cc(F)c(Br)cc1NCCOCC(F)F. The Kier molecular flexibility index (Phi) is 6.03. The molecule has 1 aromatic carbocycles. The molecule has 9 heteroatoms. The molecular weight excluding hydrogens is 333 g/mol. The van der Waals surface area contributed by atoms with Gasteiger partial charge in [0.25, 0.3) is 12.1 Å². The first-order valence-corrected chi connectivity index (χ1v) is 5.94. The molecule has 0 aliphatic rings. The number of benzene rings is 1. The highest BCUT2D eigenvalue weighted by Gasteiger charge is 2.17. The van der Waals surface area contributed by atoms with Crippen molar-refractivity contribution >= 4 is 27.3 Å². The predicted octanol–water partition coefficient (Wildman–Crippen LogP) is 3.19. The fourth-order valence-electron chi connectivity index (χ4n) is 1.26. The van der Waals surface area contributed by atoms with Crippen molar-refractivity contribution in [2.24, 2.45) is 0 Å². The van der Waals surface area contributed by atoms with Crippen molar-refractivity contribution in [1.82, 2.24) is 0 Å². The number of hydrogen-bond acceptors (Lipinski definition) is 4. The zero-order chi connectivity index (χ0) is 14.4. The molecule has 1 aromatic rings. The lowest BCUT2D eigenvalue weighted by atomic mass is 10.2. The lowest BCUT2D eigenvalue weighted by Gasteiger charge is -2.08. The Morgan fingerprint density at radius 1 is 1.47 bits per heavy atom. The van der Waals surface area contributed by atoms with Crippen LogP contribution in [0.2, 0.25) is 0 Å². The Bertz CT molecular complexity index is 460. The van der Waals surface area contributed by atoms with Gasteiger partial charge < -0.3 is 10.1 Å². The summed E-state index contributed by atoms with van der Waals surface area (Å²) >= 11 is 2.90. The predicted molar refractivity (Wildman–Crippen MR) is 66.1 cm³/mol. The molecule has 0 amide bonds. The van der Waals surface area contributed by atoms with Crippen LogP contribution in [0, 0.1) is 15.9 Å². The molecule has 0 saturated carbocycles. The molecule has 0 heterocycles. The molecule has 106 valence electrons. The highest BCUT2D eigenvalue weighted by Crippen LogP contribution is 2.30. The third-order valence-electron chi connectivity index (χ3n) is 2.04. The van der Waals surface area contributed by atoms with Crippen molar-refractivity contribution in [2.75, 3.05) is 25.1 Å². The number of hydrogen-bond donors (Lipinski definition) is 1. The highest BCUT2D eigenvalue weighted by atomic mass is 79.9. The quantitative estimate of drug-likeness (QED) is 0.469. The van der Waals surface area contributed by atoms with Crippen LogP contribution in [0.15, 0.2) is 16.6 Å². The van der Waals surface area contributed by atoms with E-state index in [9.17, 15) is 23.3 Å². The molecule has 0 spiro atoms. The summed E-state index contributed by atoms with van der Waals surface area (Å²) < 4.78 is 41.4. The van der Waals surface area contributed by atoms with Gasteiger partial charge >= 0.3 is 0 Å². The molecule has 0 aromatic heterocycles. The van der Waals surface area contributed by atoms with E-state index in [1.165, 1.54) is 6.07 Å². The van der Waals surface area contributed by atoms with Gasteiger partial charge in [-0.15, -0.1) is 0 Å². The van der Waals surface area contributed by atoms with E-state index in [4.69, 9.17) is 0 Å². The molecule has 1 rings (SSSR count). The number of alkyl halides is 2. The van der Waals surface area contributed by atoms with Gasteiger partial charge in [-0.05, 0) is 22.0 Å². The highest BCUT2D eigenvalue weighted by molar-refractivity contribution is 9.10. The standard InChI is InChI=1S/C10H10BrF3N2O3/c11-6-3-8(9(16(17)18)4-7(6)12)15-1-2-19-5-10(13)14/h3-4,10,15H,1-2,5H2. The third kappa shape index (κ3) is 5.03. The Balaban J connectivity index is 2.62. The van der Waals surface area contributed by atoms with Crippen molar-refractivity contribution in [3.05, 3.63) is 32.5 Å². The smallest absolute Gasteiger partial charge is 0.295 e. The Morgan fingerprint density at radius 2 is 2.16 bits per heavy atom. The fraction of sp³-hybridized carbons (Fsp3) is 0.400. The average Bonchev–Trinajstić information content (AvgIpc) is 2.32. The molecule has 0 bridgehead atoms. The van der Waals surface area contributed by atoms with Crippen LogP contribution in [0.1, 0.15) is 0 Å². The van der Waals surface area contributed by atoms with Gasteiger partial charge in [0, 0.05) is 6.54 Å². The minimum Gasteiger partial charge on any atom is -0.377 e. The van der Waals surface area contributed by atoms with Gasteiger partial charge in [0.15, 0.2) is 0 Å². The second-order valence-corrected chi connectivity index (χ2v) is 4.29. The minimum atomic E-state index is -2.56. The molecule has 5 nitrogen and oxygen atoms in total. The van der Waals surface area contributed by atoms with Gasteiger partial charge in [-0.2, -0.15) is 0 Å². The Labute approximate surface area is 115 Å². The summed E-state index contributed by atoms with van der Waals surface area (Å²) in [5.74, 6) is -0.758. The monoisotopic (exact) mass is 342 g/mol. The van der Waals surface area contributed by atoms with Crippen molar-refractivity contribution < 1.29 is 22.8 Å². The molecule has 19 heavy (non-hydrogen) atoms. The number of rotatable bonds is 7. The Hall–Kier alpha value is -1.35. The minimum absolute atomic E-state index is 0.0451. The number of nitrogens with one attached hydrogen (secondary N) is 1. The lowest BCUT2D eigenvalue weighted by Crippen LogP contribution is -2.14. The first-order valence-electron chi connectivity index (χ1n) is 5.15. The first kappa shape index (κ1) is 15.7. The number of ether oxygens (including phenoxy) is 1. The van der Waals surface area contributed by atoms with Crippen LogP contribution in [0.3, 0.4) is 0 Å². The molecule has 0 fully saturated rings. The summed E-state index contributed by atoms with van der Waals surface area (Å²) in [6.07, 6.45) is -2.56. The van der Waals surface area contributed by atoms with Crippen molar-refractivity contribution in [1.29, 1.82) is 0 Å². The number of nitrogens with zero attached hydrogens (tertiary/aromatic N) is 1. The third-order valence-corrected chi connectivity index (χ3v) is 2.65. The van der Waals surface area contributed by atoms with E-state index >= 15 is 0 Å². The first-order chi connectivity index (χ1) is 8.91. The Morgan fingerprint density at radius 3 is 2.74 bits per heavy atom. The van der Waals surface area contributed by atoms with E-state index in [1.807, 2.05) is 0 Å². The molecule has 0 unspecified atom stereocenters. The molecule has 0 radical (unpaired) electrons. The summed E-state index contributed by atoms with van der Waals surface area (Å²) in [7, 11) is 0. The zero-order valence-corrected chi connectivity index (χ0v) is 11.1. The molecule has 0 saturated heterocycles. The number of halogens is 4. The van der Waals surface area contributed by atoms with Gasteiger partial charge in [-0.1, -0.05) is 0 Å². The molecule has 0 aliphatic heterocycles. The maximum absolute atomic E-state index is 13.2. The van der Waals surface area contributed by atoms with Crippen LogP contribution in [0.25, 0.3) is 0 Å². The van der Waals surface area contributed by atoms with Crippen LogP contribution in [-0.4, -0.2) is 31.1 Å². The van der Waals surface area contributed by atoms with Crippen molar-refractivity contribution in [3.63, 3.8) is 0 Å². The van der Waals surface area contributed by atoms with Crippen molar-refractivity contribution in [2.45, 2.75) is 6.43 Å². The average molecular weight is 343 g/mol. The van der Waals surface area contributed by atoms with Gasteiger partial charge in [0.05, 0.1) is 22.1 Å². The second-order valence-electron chi connectivity index (χ2n) is 3.43. The maximum atomic E-state index is 13.2. The summed E-state index contributed by atoms with van der Waals surface area (Å²) in [5.41, 5.74) is -0.353. The lowest BCUT2D eigenvalue weighted by molar-refractivity contribution is -0.384. The summed E-state index contributed by atoms with van der Waals surface area (Å²) in [5, 5.41) is 13.3. The van der Waals surface area contributed by atoms with Crippen LogP contribution in [0.5, 0.6) is 0 Å². The van der Waals surface area contributed by atoms with Gasteiger partial charge in [-0.25, -0.2) is 13.2 Å². The molecular formula is C10H10BrF3N2O3. The zero-order valence-electron chi connectivity index (χ0n) is 9.54. The largest absolute Gasteiger partial charge is 0.377 e. The fourth-order valence-corrected chi connectivity index (χ4v) is 1.60. The van der Waals surface area contributed by atoms with Gasteiger partial charge in [0.1, 0.15) is 18.1 Å². The van der Waals surface area contributed by atoms with E-state index in [0.29, 0.717) is 0 Å². The van der Waals surface area contributed by atoms with Crippen LogP contribution in [0.4, 0.5) is 24.5 Å². The summed E-state index contributed by atoms with van der Waals surface area (Å²) in [6.45, 7) is -0.654. The van der Waals surface area contributed by atoms with Crippen LogP contribution >= 0.6 is 15.9 Å². The number of anilines is 1. The normalized spacial score (nSPS) is 10.8. The molecule has 0 atom stereocenters. The second kappa shape index (κ2) is 7.29. The molecule has 0 aliphatic carbocycles. The topological polar surface area (TPSA) is 64.4 Å². The van der Waals surface area contributed by atoms with E-state index in [1.54, 1.807) is 0 Å². The number of nitro groups is 1. The van der Waals surface area contributed by atoms with Crippen LogP contribution < -0.4 is 5.32 Å². The van der Waals surface area contributed by atoms with Crippen molar-refractivity contribution in [3.8, 4) is 0 Å².